The molecule has 4 heteroatoms. The van der Waals surface area contributed by atoms with Crippen LogP contribution in [0.2, 0.25) is 0 Å². The average molecular weight is 224 g/mol. The Labute approximate surface area is 93.2 Å². The monoisotopic (exact) mass is 224 g/mol. The number of halogens is 1. The molecule has 0 aromatic heterocycles. The van der Waals surface area contributed by atoms with Crippen LogP contribution in [0.3, 0.4) is 0 Å². The summed E-state index contributed by atoms with van der Waals surface area (Å²) in [6, 6.07) is 2.01. The zero-order chi connectivity index (χ0) is 12.3. The molecule has 16 heavy (non-hydrogen) atoms. The standard InChI is InChI=1S/C12H13FO3/c1-7(2)6-16-11-5-9(13)4-10(8(3)14)12(11)15/h4-5,15H,1,6H2,2-3H3. The molecule has 0 bridgehead atoms. The van der Waals surface area contributed by atoms with E-state index in [0.717, 1.165) is 17.7 Å². The van der Waals surface area contributed by atoms with E-state index < -0.39 is 11.6 Å². The molecule has 0 saturated carbocycles. The van der Waals surface area contributed by atoms with Crippen molar-refractivity contribution in [3.63, 3.8) is 0 Å². The predicted molar refractivity (Wildman–Crippen MR) is 58.4 cm³/mol. The number of benzene rings is 1. The van der Waals surface area contributed by atoms with Crippen LogP contribution in [0, 0.1) is 5.82 Å². The van der Waals surface area contributed by atoms with Crippen LogP contribution in [0.5, 0.6) is 11.5 Å². The smallest absolute Gasteiger partial charge is 0.168 e. The Morgan fingerprint density at radius 1 is 1.50 bits per heavy atom. The molecule has 86 valence electrons. The molecule has 0 aliphatic rings. The lowest BCUT2D eigenvalue weighted by molar-refractivity contribution is 0.101. The van der Waals surface area contributed by atoms with Crippen LogP contribution in [0.1, 0.15) is 24.2 Å². The molecular formula is C12H13FO3. The Morgan fingerprint density at radius 2 is 2.12 bits per heavy atom. The Morgan fingerprint density at radius 3 is 2.62 bits per heavy atom. The number of ketones is 1. The van der Waals surface area contributed by atoms with E-state index in [4.69, 9.17) is 4.74 Å². The third kappa shape index (κ3) is 2.82. The van der Waals surface area contributed by atoms with E-state index in [9.17, 15) is 14.3 Å². The first kappa shape index (κ1) is 12.2. The van der Waals surface area contributed by atoms with Crippen LogP contribution in [-0.4, -0.2) is 17.5 Å². The second-order valence-corrected chi connectivity index (χ2v) is 3.60. The molecule has 0 atom stereocenters. The Balaban J connectivity index is 3.09. The van der Waals surface area contributed by atoms with Crippen molar-refractivity contribution in [3.05, 3.63) is 35.7 Å². The van der Waals surface area contributed by atoms with Gasteiger partial charge in [0.15, 0.2) is 17.3 Å². The van der Waals surface area contributed by atoms with Crippen molar-refractivity contribution in [2.45, 2.75) is 13.8 Å². The molecule has 0 heterocycles. The fourth-order valence-electron chi connectivity index (χ4n) is 1.15. The molecule has 0 fully saturated rings. The Kier molecular flexibility index (Phi) is 3.66. The lowest BCUT2D eigenvalue weighted by Crippen LogP contribution is -2.01. The van der Waals surface area contributed by atoms with Gasteiger partial charge >= 0.3 is 0 Å². The SMILES string of the molecule is C=C(C)COc1cc(F)cc(C(C)=O)c1O. The van der Waals surface area contributed by atoms with Crippen molar-refractivity contribution in [1.82, 2.24) is 0 Å². The third-order valence-electron chi connectivity index (χ3n) is 1.89. The summed E-state index contributed by atoms with van der Waals surface area (Å²) in [4.78, 5) is 11.1. The van der Waals surface area contributed by atoms with Gasteiger partial charge in [-0.3, -0.25) is 4.79 Å². The van der Waals surface area contributed by atoms with Crippen molar-refractivity contribution < 1.29 is 19.0 Å². The van der Waals surface area contributed by atoms with Crippen molar-refractivity contribution in [1.29, 1.82) is 0 Å². The molecule has 0 saturated heterocycles. The molecule has 0 unspecified atom stereocenters. The number of rotatable bonds is 4. The highest BCUT2D eigenvalue weighted by Gasteiger charge is 2.14. The summed E-state index contributed by atoms with van der Waals surface area (Å²) in [5.41, 5.74) is 0.643. The van der Waals surface area contributed by atoms with Crippen LogP contribution in [-0.2, 0) is 0 Å². The normalized spacial score (nSPS) is 9.94. The van der Waals surface area contributed by atoms with Gasteiger partial charge in [0.1, 0.15) is 12.4 Å². The summed E-state index contributed by atoms with van der Waals surface area (Å²) < 4.78 is 18.3. The van der Waals surface area contributed by atoms with Gasteiger partial charge in [0, 0.05) is 6.07 Å². The number of phenolic OH excluding ortho intramolecular Hbond substituents is 1. The zero-order valence-corrected chi connectivity index (χ0v) is 9.21. The summed E-state index contributed by atoms with van der Waals surface area (Å²) in [7, 11) is 0. The number of hydrogen-bond acceptors (Lipinski definition) is 3. The van der Waals surface area contributed by atoms with E-state index in [0.29, 0.717) is 0 Å². The maximum atomic E-state index is 13.1. The summed E-state index contributed by atoms with van der Waals surface area (Å²) in [5, 5.41) is 9.65. The van der Waals surface area contributed by atoms with Gasteiger partial charge in [0.2, 0.25) is 0 Å². The van der Waals surface area contributed by atoms with Crippen LogP contribution in [0.15, 0.2) is 24.3 Å². The minimum atomic E-state index is -0.625. The van der Waals surface area contributed by atoms with E-state index in [1.807, 2.05) is 0 Å². The number of ether oxygens (including phenoxy) is 1. The van der Waals surface area contributed by atoms with Crippen molar-refractivity contribution >= 4 is 5.78 Å². The molecule has 3 nitrogen and oxygen atoms in total. The molecule has 1 aromatic carbocycles. The molecule has 1 aromatic rings. The zero-order valence-electron chi connectivity index (χ0n) is 9.21. The Hall–Kier alpha value is -1.84. The van der Waals surface area contributed by atoms with Crippen molar-refractivity contribution in [3.8, 4) is 11.5 Å². The molecule has 0 radical (unpaired) electrons. The number of carbonyl (C=O) groups excluding carboxylic acids is 1. The van der Waals surface area contributed by atoms with E-state index in [-0.39, 0.29) is 23.7 Å². The summed E-state index contributed by atoms with van der Waals surface area (Å²) in [6.07, 6.45) is 0. The van der Waals surface area contributed by atoms with E-state index in [1.54, 1.807) is 6.92 Å². The van der Waals surface area contributed by atoms with Gasteiger partial charge < -0.3 is 9.84 Å². The van der Waals surface area contributed by atoms with Gasteiger partial charge in [-0.2, -0.15) is 0 Å². The second kappa shape index (κ2) is 4.79. The number of hydrogen-bond donors (Lipinski definition) is 1. The van der Waals surface area contributed by atoms with Gasteiger partial charge in [-0.05, 0) is 25.5 Å². The van der Waals surface area contributed by atoms with Crippen LogP contribution >= 0.6 is 0 Å². The molecular weight excluding hydrogens is 211 g/mol. The summed E-state index contributed by atoms with van der Waals surface area (Å²) >= 11 is 0. The first-order chi connectivity index (χ1) is 7.41. The number of aromatic hydroxyl groups is 1. The first-order valence-electron chi connectivity index (χ1n) is 4.72. The molecule has 0 aliphatic heterocycles. The minimum absolute atomic E-state index is 0.0480. The number of carbonyl (C=O) groups is 1. The summed E-state index contributed by atoms with van der Waals surface area (Å²) in [5.74, 6) is -1.43. The van der Waals surface area contributed by atoms with Crippen LogP contribution < -0.4 is 4.74 Å². The first-order valence-corrected chi connectivity index (χ1v) is 4.72. The van der Waals surface area contributed by atoms with E-state index >= 15 is 0 Å². The predicted octanol–water partition coefficient (Wildman–Crippen LogP) is 2.69. The topological polar surface area (TPSA) is 46.5 Å². The molecule has 1 N–H and O–H groups in total. The highest BCUT2D eigenvalue weighted by molar-refractivity contribution is 5.97. The lowest BCUT2D eigenvalue weighted by Gasteiger charge is -2.10. The second-order valence-electron chi connectivity index (χ2n) is 3.60. The largest absolute Gasteiger partial charge is 0.504 e. The van der Waals surface area contributed by atoms with Crippen molar-refractivity contribution in [2.75, 3.05) is 6.61 Å². The Bertz CT molecular complexity index is 438. The van der Waals surface area contributed by atoms with Gasteiger partial charge in [0.05, 0.1) is 5.56 Å². The molecule has 0 aliphatic carbocycles. The van der Waals surface area contributed by atoms with Crippen LogP contribution in [0.4, 0.5) is 4.39 Å². The highest BCUT2D eigenvalue weighted by Crippen LogP contribution is 2.31. The van der Waals surface area contributed by atoms with Crippen LogP contribution in [0.25, 0.3) is 0 Å². The number of phenols is 1. The lowest BCUT2D eigenvalue weighted by atomic mass is 10.1. The third-order valence-corrected chi connectivity index (χ3v) is 1.89. The number of Topliss-reactive ketones (excluding diaryl/α,β-unsaturated/α-hetero) is 1. The average Bonchev–Trinajstić information content (AvgIpc) is 2.18. The molecule has 0 spiro atoms. The molecule has 0 amide bonds. The van der Waals surface area contributed by atoms with Gasteiger partial charge in [-0.25, -0.2) is 4.39 Å². The quantitative estimate of drug-likeness (QED) is 0.631. The van der Waals surface area contributed by atoms with E-state index in [2.05, 4.69) is 6.58 Å². The molecule has 1 rings (SSSR count). The van der Waals surface area contributed by atoms with Gasteiger partial charge in [-0.1, -0.05) is 6.58 Å². The minimum Gasteiger partial charge on any atom is -0.504 e. The maximum Gasteiger partial charge on any atom is 0.168 e. The maximum absolute atomic E-state index is 13.1. The summed E-state index contributed by atoms with van der Waals surface area (Å²) in [6.45, 7) is 6.76. The van der Waals surface area contributed by atoms with E-state index in [1.165, 1.54) is 6.92 Å². The van der Waals surface area contributed by atoms with Gasteiger partial charge in [0.25, 0.3) is 0 Å². The fourth-order valence-corrected chi connectivity index (χ4v) is 1.15. The highest BCUT2D eigenvalue weighted by atomic mass is 19.1. The van der Waals surface area contributed by atoms with Gasteiger partial charge in [-0.15, -0.1) is 0 Å². The fraction of sp³-hybridized carbons (Fsp3) is 0.250. The van der Waals surface area contributed by atoms with Crippen molar-refractivity contribution in [2.24, 2.45) is 0 Å².